The monoisotopic (exact) mass is 422 g/mol. The minimum Gasteiger partial charge on any atom is -0.348 e. The zero-order chi connectivity index (χ0) is 21.6. The normalized spacial score (nSPS) is 12.2. The molecule has 3 aromatic carbocycles. The molecule has 0 fully saturated rings. The Labute approximate surface area is 178 Å². The van der Waals surface area contributed by atoms with Gasteiger partial charge in [-0.2, -0.15) is 0 Å². The third-order valence-corrected chi connectivity index (χ3v) is 6.64. The number of rotatable bonds is 8. The molecule has 3 rings (SSSR count). The van der Waals surface area contributed by atoms with Crippen molar-refractivity contribution < 1.29 is 13.2 Å². The molecule has 1 N–H and O–H groups in total. The SMILES string of the molecule is CC[C@@H](NC(=O)CN(c1cccc(C)c1)S(=O)(=O)c1ccccc1)c1ccccc1. The van der Waals surface area contributed by atoms with E-state index in [2.05, 4.69) is 5.32 Å². The summed E-state index contributed by atoms with van der Waals surface area (Å²) in [5, 5.41) is 2.98. The molecule has 0 aromatic heterocycles. The largest absolute Gasteiger partial charge is 0.348 e. The zero-order valence-corrected chi connectivity index (χ0v) is 18.0. The lowest BCUT2D eigenvalue weighted by Crippen LogP contribution is -2.42. The lowest BCUT2D eigenvalue weighted by Gasteiger charge is -2.26. The van der Waals surface area contributed by atoms with Crippen LogP contribution in [0.5, 0.6) is 0 Å². The number of sulfonamides is 1. The van der Waals surface area contributed by atoms with E-state index in [9.17, 15) is 13.2 Å². The fourth-order valence-corrected chi connectivity index (χ4v) is 4.73. The van der Waals surface area contributed by atoms with Gasteiger partial charge in [0.25, 0.3) is 10.0 Å². The van der Waals surface area contributed by atoms with Crippen LogP contribution in [0.3, 0.4) is 0 Å². The van der Waals surface area contributed by atoms with Gasteiger partial charge in [0.1, 0.15) is 6.54 Å². The first kappa shape index (κ1) is 21.6. The summed E-state index contributed by atoms with van der Waals surface area (Å²) >= 11 is 0. The van der Waals surface area contributed by atoms with E-state index in [-0.39, 0.29) is 23.4 Å². The Morgan fingerprint density at radius 3 is 2.17 bits per heavy atom. The Bertz CT molecular complexity index is 1080. The summed E-state index contributed by atoms with van der Waals surface area (Å²) in [6, 6.07) is 24.8. The predicted molar refractivity (Wildman–Crippen MR) is 120 cm³/mol. The number of amides is 1. The molecule has 3 aromatic rings. The summed E-state index contributed by atoms with van der Waals surface area (Å²) < 4.78 is 27.9. The van der Waals surface area contributed by atoms with Crippen LogP contribution in [-0.4, -0.2) is 20.9 Å². The van der Waals surface area contributed by atoms with Gasteiger partial charge >= 0.3 is 0 Å². The van der Waals surface area contributed by atoms with Crippen molar-refractivity contribution in [1.29, 1.82) is 0 Å². The molecule has 6 heteroatoms. The molecule has 1 atom stereocenters. The highest BCUT2D eigenvalue weighted by Crippen LogP contribution is 2.25. The molecule has 0 spiro atoms. The smallest absolute Gasteiger partial charge is 0.264 e. The first-order valence-corrected chi connectivity index (χ1v) is 11.3. The molecule has 0 aliphatic heterocycles. The van der Waals surface area contributed by atoms with Crippen molar-refractivity contribution in [1.82, 2.24) is 5.32 Å². The van der Waals surface area contributed by atoms with Crippen LogP contribution >= 0.6 is 0 Å². The summed E-state index contributed by atoms with van der Waals surface area (Å²) in [7, 11) is -3.90. The summed E-state index contributed by atoms with van der Waals surface area (Å²) in [4.78, 5) is 13.1. The van der Waals surface area contributed by atoms with E-state index >= 15 is 0 Å². The van der Waals surface area contributed by atoms with Gasteiger partial charge in [0.05, 0.1) is 16.6 Å². The third kappa shape index (κ3) is 5.07. The number of carbonyl (C=O) groups is 1. The van der Waals surface area contributed by atoms with E-state index in [0.29, 0.717) is 12.1 Å². The van der Waals surface area contributed by atoms with Gasteiger partial charge in [0.15, 0.2) is 0 Å². The molecule has 156 valence electrons. The molecule has 0 aliphatic carbocycles. The number of nitrogens with zero attached hydrogens (tertiary/aromatic N) is 1. The Kier molecular flexibility index (Phi) is 6.90. The Morgan fingerprint density at radius 2 is 1.57 bits per heavy atom. The lowest BCUT2D eigenvalue weighted by atomic mass is 10.0. The zero-order valence-electron chi connectivity index (χ0n) is 17.2. The van der Waals surface area contributed by atoms with Gasteiger partial charge in [-0.1, -0.05) is 67.6 Å². The Hall–Kier alpha value is -3.12. The van der Waals surface area contributed by atoms with Gasteiger partial charge in [-0.25, -0.2) is 8.42 Å². The van der Waals surface area contributed by atoms with Gasteiger partial charge in [-0.05, 0) is 48.7 Å². The van der Waals surface area contributed by atoms with Crippen molar-refractivity contribution in [2.75, 3.05) is 10.8 Å². The van der Waals surface area contributed by atoms with Gasteiger partial charge in [-0.3, -0.25) is 9.10 Å². The molecule has 0 radical (unpaired) electrons. The second-order valence-corrected chi connectivity index (χ2v) is 8.97. The molecular weight excluding hydrogens is 396 g/mol. The number of hydrogen-bond donors (Lipinski definition) is 1. The number of carbonyl (C=O) groups excluding carboxylic acids is 1. The molecule has 30 heavy (non-hydrogen) atoms. The highest BCUT2D eigenvalue weighted by atomic mass is 32.2. The summed E-state index contributed by atoms with van der Waals surface area (Å²) in [6.45, 7) is 3.57. The number of benzene rings is 3. The fraction of sp³-hybridized carbons (Fsp3) is 0.208. The minimum atomic E-state index is -3.90. The molecule has 0 heterocycles. The van der Waals surface area contributed by atoms with Crippen LogP contribution in [0, 0.1) is 6.92 Å². The van der Waals surface area contributed by atoms with Crippen molar-refractivity contribution in [2.45, 2.75) is 31.2 Å². The highest BCUT2D eigenvalue weighted by Gasteiger charge is 2.27. The average molecular weight is 423 g/mol. The van der Waals surface area contributed by atoms with Gasteiger partial charge in [0, 0.05) is 0 Å². The molecule has 0 saturated heterocycles. The first-order chi connectivity index (χ1) is 14.4. The molecule has 0 unspecified atom stereocenters. The van der Waals surface area contributed by atoms with Crippen molar-refractivity contribution >= 4 is 21.6 Å². The molecule has 5 nitrogen and oxygen atoms in total. The van der Waals surface area contributed by atoms with Crippen molar-refractivity contribution in [3.63, 3.8) is 0 Å². The van der Waals surface area contributed by atoms with Crippen molar-refractivity contribution in [3.05, 3.63) is 96.1 Å². The molecule has 0 saturated carbocycles. The van der Waals surface area contributed by atoms with Crippen LogP contribution in [0.4, 0.5) is 5.69 Å². The molecule has 1 amide bonds. The number of nitrogens with one attached hydrogen (secondary N) is 1. The predicted octanol–water partition coefficient (Wildman–Crippen LogP) is 4.46. The van der Waals surface area contributed by atoms with E-state index in [0.717, 1.165) is 11.1 Å². The van der Waals surface area contributed by atoms with Crippen LogP contribution in [0.2, 0.25) is 0 Å². The number of hydrogen-bond acceptors (Lipinski definition) is 3. The quantitative estimate of drug-likeness (QED) is 0.583. The summed E-state index contributed by atoms with van der Waals surface area (Å²) in [5.74, 6) is -0.355. The van der Waals surface area contributed by atoms with Crippen molar-refractivity contribution in [3.8, 4) is 0 Å². The minimum absolute atomic E-state index is 0.148. The lowest BCUT2D eigenvalue weighted by molar-refractivity contribution is -0.120. The van der Waals surface area contributed by atoms with E-state index < -0.39 is 10.0 Å². The summed E-state index contributed by atoms with van der Waals surface area (Å²) in [5.41, 5.74) is 2.36. The third-order valence-electron chi connectivity index (χ3n) is 4.85. The van der Waals surface area contributed by atoms with E-state index in [1.54, 1.807) is 36.4 Å². The average Bonchev–Trinajstić information content (AvgIpc) is 2.77. The second-order valence-electron chi connectivity index (χ2n) is 7.10. The van der Waals surface area contributed by atoms with Crippen LogP contribution in [-0.2, 0) is 14.8 Å². The second kappa shape index (κ2) is 9.59. The van der Waals surface area contributed by atoms with Crippen LogP contribution in [0.15, 0.2) is 89.8 Å². The Morgan fingerprint density at radius 1 is 0.933 bits per heavy atom. The van der Waals surface area contributed by atoms with E-state index in [4.69, 9.17) is 0 Å². The number of anilines is 1. The topological polar surface area (TPSA) is 66.5 Å². The molecule has 0 aliphatic rings. The van der Waals surface area contributed by atoms with Gasteiger partial charge < -0.3 is 5.32 Å². The molecular formula is C24H26N2O3S. The van der Waals surface area contributed by atoms with E-state index in [1.807, 2.05) is 50.2 Å². The molecule has 0 bridgehead atoms. The Balaban J connectivity index is 1.90. The fourth-order valence-electron chi connectivity index (χ4n) is 3.29. The van der Waals surface area contributed by atoms with Crippen molar-refractivity contribution in [2.24, 2.45) is 0 Å². The highest BCUT2D eigenvalue weighted by molar-refractivity contribution is 7.92. The maximum atomic E-state index is 13.4. The number of aryl methyl sites for hydroxylation is 1. The van der Waals surface area contributed by atoms with Crippen LogP contribution in [0.1, 0.15) is 30.5 Å². The standard InChI is InChI=1S/C24H26N2O3S/c1-3-23(20-12-6-4-7-13-20)25-24(27)18-26(21-14-10-11-19(2)17-21)30(28,29)22-15-8-5-9-16-22/h4-17,23H,3,18H2,1-2H3,(H,25,27)/t23-/m1/s1. The maximum absolute atomic E-state index is 13.4. The van der Waals surface area contributed by atoms with Crippen LogP contribution in [0.25, 0.3) is 0 Å². The van der Waals surface area contributed by atoms with Gasteiger partial charge in [0.2, 0.25) is 5.91 Å². The van der Waals surface area contributed by atoms with Gasteiger partial charge in [-0.15, -0.1) is 0 Å². The first-order valence-electron chi connectivity index (χ1n) is 9.90. The van der Waals surface area contributed by atoms with E-state index in [1.165, 1.54) is 16.4 Å². The maximum Gasteiger partial charge on any atom is 0.264 e. The van der Waals surface area contributed by atoms with Crippen LogP contribution < -0.4 is 9.62 Å². The summed E-state index contributed by atoms with van der Waals surface area (Å²) in [6.07, 6.45) is 0.700.